The Balaban J connectivity index is 2.04. The first kappa shape index (κ1) is 18.2. The van der Waals surface area contributed by atoms with Gasteiger partial charge in [0.05, 0.1) is 11.4 Å². The van der Waals surface area contributed by atoms with Crippen LogP contribution in [0.2, 0.25) is 0 Å². The Bertz CT molecular complexity index is 625. The topological polar surface area (TPSA) is 64.7 Å². The van der Waals surface area contributed by atoms with Crippen molar-refractivity contribution >= 4 is 40.5 Å². The van der Waals surface area contributed by atoms with Crippen molar-refractivity contribution in [1.29, 1.82) is 0 Å². The number of amides is 2. The number of benzene rings is 1. The molecule has 0 aromatic heterocycles. The molecule has 1 heterocycles. The van der Waals surface area contributed by atoms with Crippen LogP contribution < -0.4 is 15.5 Å². The van der Waals surface area contributed by atoms with E-state index in [-0.39, 0.29) is 17.7 Å². The first-order chi connectivity index (χ1) is 11.4. The van der Waals surface area contributed by atoms with E-state index in [0.717, 1.165) is 24.5 Å². The van der Waals surface area contributed by atoms with Crippen LogP contribution in [0, 0.1) is 5.92 Å². The second kappa shape index (κ2) is 8.10. The number of carbonyl (C=O) groups excluding carboxylic acids is 2. The van der Waals surface area contributed by atoms with E-state index in [1.54, 1.807) is 6.92 Å². The highest BCUT2D eigenvalue weighted by atomic mass is 32.1. The summed E-state index contributed by atoms with van der Waals surface area (Å²) < 4.78 is 0. The first-order valence-corrected chi connectivity index (χ1v) is 8.50. The molecule has 1 fully saturated rings. The third-order valence-electron chi connectivity index (χ3n) is 3.98. The van der Waals surface area contributed by atoms with Gasteiger partial charge in [0.2, 0.25) is 11.8 Å². The summed E-state index contributed by atoms with van der Waals surface area (Å²) in [6.07, 6.45) is 0. The smallest absolute Gasteiger partial charge is 0.228 e. The summed E-state index contributed by atoms with van der Waals surface area (Å²) in [6, 6.07) is 7.83. The third kappa shape index (κ3) is 4.67. The highest BCUT2D eigenvalue weighted by molar-refractivity contribution is 7.80. The largest absolute Gasteiger partial charge is 0.366 e. The lowest BCUT2D eigenvalue weighted by Gasteiger charge is -2.36. The van der Waals surface area contributed by atoms with Gasteiger partial charge in [0.15, 0.2) is 5.11 Å². The lowest BCUT2D eigenvalue weighted by molar-refractivity contribution is -0.129. The lowest BCUT2D eigenvalue weighted by Crippen LogP contribution is -2.48. The van der Waals surface area contributed by atoms with Crippen molar-refractivity contribution in [2.24, 2.45) is 5.92 Å². The van der Waals surface area contributed by atoms with Crippen molar-refractivity contribution in [1.82, 2.24) is 10.2 Å². The summed E-state index contributed by atoms with van der Waals surface area (Å²) in [5.41, 5.74) is 1.87. The molecule has 0 radical (unpaired) electrons. The minimum absolute atomic E-state index is 0.110. The van der Waals surface area contributed by atoms with Gasteiger partial charge >= 0.3 is 0 Å². The monoisotopic (exact) mass is 348 g/mol. The highest BCUT2D eigenvalue weighted by Crippen LogP contribution is 2.26. The summed E-state index contributed by atoms with van der Waals surface area (Å²) in [6.45, 7) is 8.19. The predicted molar refractivity (Wildman–Crippen MR) is 100 cm³/mol. The van der Waals surface area contributed by atoms with Gasteiger partial charge in [-0.25, -0.2) is 0 Å². The Hall–Kier alpha value is -2.15. The van der Waals surface area contributed by atoms with Crippen molar-refractivity contribution in [3.63, 3.8) is 0 Å². The molecule has 2 rings (SSSR count). The molecule has 1 aliphatic heterocycles. The number of hydrogen-bond acceptors (Lipinski definition) is 4. The van der Waals surface area contributed by atoms with Crippen molar-refractivity contribution in [3.8, 4) is 0 Å². The number of nitrogens with zero attached hydrogens (tertiary/aromatic N) is 2. The Morgan fingerprint density at radius 1 is 1.12 bits per heavy atom. The Morgan fingerprint density at radius 2 is 1.75 bits per heavy atom. The summed E-state index contributed by atoms with van der Waals surface area (Å²) in [7, 11) is 0. The maximum atomic E-state index is 11.7. The molecule has 7 heteroatoms. The molecule has 0 atom stereocenters. The van der Waals surface area contributed by atoms with Crippen LogP contribution in [-0.4, -0.2) is 48.0 Å². The number of piperazine rings is 1. The minimum Gasteiger partial charge on any atom is -0.366 e. The molecule has 0 saturated carbocycles. The van der Waals surface area contributed by atoms with Gasteiger partial charge in [-0.2, -0.15) is 0 Å². The van der Waals surface area contributed by atoms with Gasteiger partial charge in [0, 0.05) is 39.0 Å². The molecule has 1 aromatic carbocycles. The van der Waals surface area contributed by atoms with E-state index < -0.39 is 0 Å². The van der Waals surface area contributed by atoms with Crippen LogP contribution in [0.4, 0.5) is 11.4 Å². The Kier molecular flexibility index (Phi) is 6.14. The summed E-state index contributed by atoms with van der Waals surface area (Å²) in [4.78, 5) is 27.3. The second-order valence-corrected chi connectivity index (χ2v) is 6.52. The fourth-order valence-electron chi connectivity index (χ4n) is 2.53. The van der Waals surface area contributed by atoms with E-state index in [1.165, 1.54) is 0 Å². The number of rotatable bonds is 3. The molecular weight excluding hydrogens is 324 g/mol. The molecule has 0 aliphatic carbocycles. The van der Waals surface area contributed by atoms with Crippen LogP contribution in [0.25, 0.3) is 0 Å². The summed E-state index contributed by atoms with van der Waals surface area (Å²) >= 11 is 5.23. The fourth-order valence-corrected chi connectivity index (χ4v) is 2.74. The van der Waals surface area contributed by atoms with Gasteiger partial charge < -0.3 is 20.4 Å². The molecule has 0 unspecified atom stereocenters. The van der Waals surface area contributed by atoms with Gasteiger partial charge in [0.25, 0.3) is 0 Å². The zero-order valence-electron chi connectivity index (χ0n) is 14.3. The lowest BCUT2D eigenvalue weighted by atomic mass is 10.2. The van der Waals surface area contributed by atoms with Crippen LogP contribution >= 0.6 is 12.2 Å². The predicted octanol–water partition coefficient (Wildman–Crippen LogP) is 1.82. The average molecular weight is 348 g/mol. The molecule has 6 nitrogen and oxygen atoms in total. The first-order valence-electron chi connectivity index (χ1n) is 8.10. The van der Waals surface area contributed by atoms with Gasteiger partial charge in [-0.3, -0.25) is 9.59 Å². The van der Waals surface area contributed by atoms with E-state index >= 15 is 0 Å². The van der Waals surface area contributed by atoms with E-state index in [9.17, 15) is 9.59 Å². The van der Waals surface area contributed by atoms with Crippen LogP contribution in [0.1, 0.15) is 20.8 Å². The SMILES string of the molecule is CC(=O)N1CCN(c2ccccc2NC(=S)NC(=O)C(C)C)CC1. The maximum absolute atomic E-state index is 11.7. The highest BCUT2D eigenvalue weighted by Gasteiger charge is 2.20. The van der Waals surface area contributed by atoms with Gasteiger partial charge in [0.1, 0.15) is 0 Å². The molecule has 2 amide bonds. The molecule has 130 valence electrons. The zero-order chi connectivity index (χ0) is 17.7. The van der Waals surface area contributed by atoms with E-state index in [0.29, 0.717) is 18.2 Å². The maximum Gasteiger partial charge on any atom is 0.228 e. The molecule has 0 spiro atoms. The van der Waals surface area contributed by atoms with Gasteiger partial charge in [-0.15, -0.1) is 0 Å². The fraction of sp³-hybridized carbons (Fsp3) is 0.471. The molecule has 24 heavy (non-hydrogen) atoms. The van der Waals surface area contributed by atoms with Crippen LogP contribution in [-0.2, 0) is 9.59 Å². The average Bonchev–Trinajstić information content (AvgIpc) is 2.55. The van der Waals surface area contributed by atoms with Crippen molar-refractivity contribution in [3.05, 3.63) is 24.3 Å². The molecular formula is C17H24N4O2S. The summed E-state index contributed by atoms with van der Waals surface area (Å²) in [5, 5.41) is 6.09. The number of hydrogen-bond donors (Lipinski definition) is 2. The van der Waals surface area contributed by atoms with Crippen LogP contribution in [0.3, 0.4) is 0 Å². The van der Waals surface area contributed by atoms with E-state index in [1.807, 2.05) is 43.0 Å². The normalized spacial score (nSPS) is 14.5. The van der Waals surface area contributed by atoms with E-state index in [4.69, 9.17) is 12.2 Å². The minimum atomic E-state index is -0.125. The molecule has 2 N–H and O–H groups in total. The number of nitrogens with one attached hydrogen (secondary N) is 2. The zero-order valence-corrected chi connectivity index (χ0v) is 15.2. The molecule has 1 saturated heterocycles. The van der Waals surface area contributed by atoms with Crippen molar-refractivity contribution in [2.75, 3.05) is 36.4 Å². The third-order valence-corrected chi connectivity index (χ3v) is 4.18. The number of para-hydroxylation sites is 2. The molecule has 1 aliphatic rings. The van der Waals surface area contributed by atoms with Crippen LogP contribution in [0.5, 0.6) is 0 Å². The van der Waals surface area contributed by atoms with Crippen molar-refractivity contribution in [2.45, 2.75) is 20.8 Å². The standard InChI is InChI=1S/C17H24N4O2S/c1-12(2)16(23)19-17(24)18-14-6-4-5-7-15(14)21-10-8-20(9-11-21)13(3)22/h4-7,12H,8-11H2,1-3H3,(H2,18,19,23,24). The molecule has 0 bridgehead atoms. The quantitative estimate of drug-likeness (QED) is 0.816. The van der Waals surface area contributed by atoms with Gasteiger partial charge in [-0.05, 0) is 24.4 Å². The van der Waals surface area contributed by atoms with E-state index in [2.05, 4.69) is 15.5 Å². The van der Waals surface area contributed by atoms with Gasteiger partial charge in [-0.1, -0.05) is 26.0 Å². The Morgan fingerprint density at radius 3 is 2.33 bits per heavy atom. The Labute approximate surface area is 148 Å². The second-order valence-electron chi connectivity index (χ2n) is 6.11. The number of anilines is 2. The molecule has 1 aromatic rings. The van der Waals surface area contributed by atoms with Crippen LogP contribution in [0.15, 0.2) is 24.3 Å². The van der Waals surface area contributed by atoms with Crippen molar-refractivity contribution < 1.29 is 9.59 Å². The number of carbonyl (C=O) groups is 2. The summed E-state index contributed by atoms with van der Waals surface area (Å²) in [5.74, 6) is -0.127. The number of thiocarbonyl (C=S) groups is 1.